The van der Waals surface area contributed by atoms with Gasteiger partial charge in [0, 0.05) is 30.7 Å². The SMILES string of the molecule is Cc1cc(C)nc(CNS(=O)(=O)CC2CCC(N(C)c3ncnc4[nH]ccc34)CC2)n1. The van der Waals surface area contributed by atoms with Crippen LogP contribution in [0.3, 0.4) is 0 Å². The Hall–Kier alpha value is -2.59. The van der Waals surface area contributed by atoms with Crippen LogP contribution in [-0.4, -0.2) is 52.2 Å². The second-order valence-corrected chi connectivity index (χ2v) is 10.2. The number of nitrogens with zero attached hydrogens (tertiary/aromatic N) is 5. The van der Waals surface area contributed by atoms with Crippen LogP contribution in [0.15, 0.2) is 24.7 Å². The third-order valence-electron chi connectivity index (χ3n) is 5.96. The molecule has 0 radical (unpaired) electrons. The van der Waals surface area contributed by atoms with Crippen molar-refractivity contribution in [3.8, 4) is 0 Å². The zero-order chi connectivity index (χ0) is 22.0. The number of aromatic amines is 1. The zero-order valence-electron chi connectivity index (χ0n) is 18.2. The number of hydrogen-bond acceptors (Lipinski definition) is 7. The number of hydrogen-bond donors (Lipinski definition) is 2. The lowest BCUT2D eigenvalue weighted by Gasteiger charge is -2.35. The van der Waals surface area contributed by atoms with Gasteiger partial charge in [-0.1, -0.05) is 0 Å². The van der Waals surface area contributed by atoms with Crippen LogP contribution in [-0.2, 0) is 16.6 Å². The molecule has 166 valence electrons. The molecule has 0 aliphatic heterocycles. The summed E-state index contributed by atoms with van der Waals surface area (Å²) in [5.74, 6) is 1.72. The molecule has 0 bridgehead atoms. The van der Waals surface area contributed by atoms with Crippen LogP contribution < -0.4 is 9.62 Å². The van der Waals surface area contributed by atoms with Crippen molar-refractivity contribution < 1.29 is 8.42 Å². The second-order valence-electron chi connectivity index (χ2n) is 8.39. The number of sulfonamides is 1. The molecular weight excluding hydrogens is 414 g/mol. The van der Waals surface area contributed by atoms with Gasteiger partial charge in [-0.3, -0.25) is 0 Å². The second kappa shape index (κ2) is 8.88. The summed E-state index contributed by atoms with van der Waals surface area (Å²) in [4.78, 5) is 22.7. The van der Waals surface area contributed by atoms with Crippen LogP contribution in [0.2, 0.25) is 0 Å². The molecule has 3 heterocycles. The first-order chi connectivity index (χ1) is 14.8. The number of anilines is 1. The van der Waals surface area contributed by atoms with Crippen LogP contribution >= 0.6 is 0 Å². The van der Waals surface area contributed by atoms with Crippen molar-refractivity contribution in [1.82, 2.24) is 29.6 Å². The largest absolute Gasteiger partial charge is 0.356 e. The molecule has 0 atom stereocenters. The van der Waals surface area contributed by atoms with Crippen molar-refractivity contribution in [2.45, 2.75) is 52.1 Å². The van der Waals surface area contributed by atoms with Crippen molar-refractivity contribution in [2.75, 3.05) is 17.7 Å². The van der Waals surface area contributed by atoms with E-state index in [9.17, 15) is 8.42 Å². The van der Waals surface area contributed by atoms with Gasteiger partial charge in [-0.15, -0.1) is 0 Å². The Morgan fingerprint density at radius 1 is 1.13 bits per heavy atom. The first-order valence-electron chi connectivity index (χ1n) is 10.6. The molecule has 10 heteroatoms. The Morgan fingerprint density at radius 3 is 2.55 bits per heavy atom. The molecule has 4 rings (SSSR count). The Kier molecular flexibility index (Phi) is 6.19. The molecule has 0 unspecified atom stereocenters. The topological polar surface area (TPSA) is 117 Å². The lowest BCUT2D eigenvalue weighted by molar-refractivity contribution is 0.340. The number of nitrogens with one attached hydrogen (secondary N) is 2. The third kappa shape index (κ3) is 5.19. The first-order valence-corrected chi connectivity index (χ1v) is 12.3. The van der Waals surface area contributed by atoms with Gasteiger partial charge in [0.2, 0.25) is 10.0 Å². The highest BCUT2D eigenvalue weighted by Gasteiger charge is 2.28. The predicted molar refractivity (Wildman–Crippen MR) is 120 cm³/mol. The average molecular weight is 444 g/mol. The van der Waals surface area contributed by atoms with Gasteiger partial charge in [-0.05, 0) is 57.6 Å². The third-order valence-corrected chi connectivity index (χ3v) is 7.46. The maximum Gasteiger partial charge on any atom is 0.212 e. The average Bonchev–Trinajstić information content (AvgIpc) is 3.20. The smallest absolute Gasteiger partial charge is 0.212 e. The van der Waals surface area contributed by atoms with E-state index in [4.69, 9.17) is 0 Å². The number of fused-ring (bicyclic) bond motifs is 1. The Morgan fingerprint density at radius 2 is 1.84 bits per heavy atom. The van der Waals surface area contributed by atoms with E-state index < -0.39 is 10.0 Å². The minimum Gasteiger partial charge on any atom is -0.356 e. The van der Waals surface area contributed by atoms with Crippen LogP contribution in [0.1, 0.15) is 42.9 Å². The monoisotopic (exact) mass is 443 g/mol. The quantitative estimate of drug-likeness (QED) is 0.576. The lowest BCUT2D eigenvalue weighted by atomic mass is 9.86. The highest BCUT2D eigenvalue weighted by Crippen LogP contribution is 2.31. The minimum atomic E-state index is -3.38. The molecule has 3 aromatic heterocycles. The molecule has 1 aliphatic carbocycles. The van der Waals surface area contributed by atoms with Crippen molar-refractivity contribution in [3.05, 3.63) is 41.9 Å². The highest BCUT2D eigenvalue weighted by atomic mass is 32.2. The summed E-state index contributed by atoms with van der Waals surface area (Å²) >= 11 is 0. The Labute approximate surface area is 182 Å². The van der Waals surface area contributed by atoms with Gasteiger partial charge in [0.05, 0.1) is 17.7 Å². The molecule has 9 nitrogen and oxygen atoms in total. The fraction of sp³-hybridized carbons (Fsp3) is 0.524. The van der Waals surface area contributed by atoms with Gasteiger partial charge in [-0.25, -0.2) is 33.1 Å². The summed E-state index contributed by atoms with van der Waals surface area (Å²) < 4.78 is 27.9. The molecule has 1 saturated carbocycles. The summed E-state index contributed by atoms with van der Waals surface area (Å²) in [5, 5.41) is 1.01. The Bertz CT molecular complexity index is 1130. The van der Waals surface area contributed by atoms with Crippen molar-refractivity contribution in [3.63, 3.8) is 0 Å². The standard InChI is InChI=1S/C21H29N7O2S/c1-14-10-15(2)27-19(26-14)11-25-31(29,30)12-16-4-6-17(7-5-16)28(3)21-18-8-9-22-20(18)23-13-24-21/h8-10,13,16-17,25H,4-7,11-12H2,1-3H3,(H,22,23,24). The van der Waals surface area contributed by atoms with E-state index in [-0.39, 0.29) is 18.2 Å². The lowest BCUT2D eigenvalue weighted by Crippen LogP contribution is -2.38. The van der Waals surface area contributed by atoms with Gasteiger partial charge in [0.25, 0.3) is 0 Å². The maximum atomic E-state index is 12.6. The molecule has 1 fully saturated rings. The van der Waals surface area contributed by atoms with E-state index in [1.165, 1.54) is 0 Å². The summed E-state index contributed by atoms with van der Waals surface area (Å²) in [7, 11) is -1.33. The fourth-order valence-corrected chi connectivity index (χ4v) is 5.85. The van der Waals surface area contributed by atoms with E-state index in [0.717, 1.165) is 53.9 Å². The first kappa shape index (κ1) is 21.6. The van der Waals surface area contributed by atoms with Crippen LogP contribution in [0.5, 0.6) is 0 Å². The van der Waals surface area contributed by atoms with Crippen LogP contribution in [0, 0.1) is 19.8 Å². The van der Waals surface area contributed by atoms with Crippen molar-refractivity contribution in [2.24, 2.45) is 5.92 Å². The number of aromatic nitrogens is 5. The summed E-state index contributed by atoms with van der Waals surface area (Å²) in [6.45, 7) is 3.89. The predicted octanol–water partition coefficient (Wildman–Crippen LogP) is 2.48. The molecule has 1 aliphatic rings. The molecule has 0 spiro atoms. The van der Waals surface area contributed by atoms with E-state index in [1.807, 2.05) is 32.2 Å². The van der Waals surface area contributed by atoms with E-state index in [2.05, 4.69) is 41.6 Å². The summed E-state index contributed by atoms with van der Waals surface area (Å²) in [5.41, 5.74) is 2.50. The van der Waals surface area contributed by atoms with Gasteiger partial charge in [-0.2, -0.15) is 0 Å². The highest BCUT2D eigenvalue weighted by molar-refractivity contribution is 7.89. The van der Waals surface area contributed by atoms with E-state index in [0.29, 0.717) is 11.9 Å². The van der Waals surface area contributed by atoms with E-state index >= 15 is 0 Å². The van der Waals surface area contributed by atoms with E-state index in [1.54, 1.807) is 6.33 Å². The molecule has 2 N–H and O–H groups in total. The van der Waals surface area contributed by atoms with Crippen molar-refractivity contribution in [1.29, 1.82) is 0 Å². The minimum absolute atomic E-state index is 0.128. The van der Waals surface area contributed by atoms with Gasteiger partial charge in [0.15, 0.2) is 0 Å². The maximum absolute atomic E-state index is 12.6. The van der Waals surface area contributed by atoms with Crippen LogP contribution in [0.25, 0.3) is 11.0 Å². The fourth-order valence-electron chi connectivity index (χ4n) is 4.43. The summed E-state index contributed by atoms with van der Waals surface area (Å²) in [6.07, 6.45) is 7.07. The molecule has 31 heavy (non-hydrogen) atoms. The summed E-state index contributed by atoms with van der Waals surface area (Å²) in [6, 6.07) is 4.20. The number of H-pyrrole nitrogens is 1. The zero-order valence-corrected chi connectivity index (χ0v) is 19.0. The number of aryl methyl sites for hydroxylation is 2. The van der Waals surface area contributed by atoms with Gasteiger partial charge < -0.3 is 9.88 Å². The molecular formula is C21H29N7O2S. The Balaban J connectivity index is 1.31. The van der Waals surface area contributed by atoms with Crippen LogP contribution in [0.4, 0.5) is 5.82 Å². The van der Waals surface area contributed by atoms with Crippen molar-refractivity contribution >= 4 is 26.9 Å². The molecule has 0 aromatic carbocycles. The molecule has 0 saturated heterocycles. The molecule has 3 aromatic rings. The normalized spacial score (nSPS) is 19.6. The molecule has 0 amide bonds. The van der Waals surface area contributed by atoms with Gasteiger partial charge >= 0.3 is 0 Å². The number of rotatable bonds is 7. The van der Waals surface area contributed by atoms with Gasteiger partial charge in [0.1, 0.15) is 23.6 Å².